The molecule has 14 N–H and O–H groups in total. The highest BCUT2D eigenvalue weighted by atomic mass is 16.4. The molecule has 2 aliphatic heterocycles. The maximum atomic E-state index is 14.7. The number of nitrogens with one attached hydrogen (secondary N) is 7. The number of hydrogen-bond donors (Lipinski definition) is 12. The van der Waals surface area contributed by atoms with Gasteiger partial charge in [-0.05, 0) is 93.4 Å². The van der Waals surface area contributed by atoms with Gasteiger partial charge in [-0.25, -0.2) is 4.98 Å². The number of carbonyl (C=O) groups is 7. The van der Waals surface area contributed by atoms with Crippen molar-refractivity contribution in [3.63, 3.8) is 0 Å². The molecular formula is C46H64N12O10. The molecule has 3 fully saturated rings. The van der Waals surface area contributed by atoms with Crippen LogP contribution in [0.3, 0.4) is 0 Å². The van der Waals surface area contributed by atoms with E-state index in [1.807, 2.05) is 6.07 Å². The number of aliphatic imine (C=N–C) groups is 1. The predicted molar refractivity (Wildman–Crippen MR) is 248 cm³/mol. The number of aromatic nitrogens is 2. The van der Waals surface area contributed by atoms with Gasteiger partial charge in [0, 0.05) is 50.3 Å². The first-order chi connectivity index (χ1) is 32.6. The summed E-state index contributed by atoms with van der Waals surface area (Å²) in [7, 11) is 0. The smallest absolute Gasteiger partial charge is 0.317 e. The number of carbonyl (C=O) groups excluding carboxylic acids is 6. The van der Waals surface area contributed by atoms with Crippen molar-refractivity contribution < 1.29 is 48.9 Å². The number of aromatic amines is 1. The molecule has 0 bridgehead atoms. The molecule has 0 unspecified atom stereocenters. The summed E-state index contributed by atoms with van der Waals surface area (Å²) in [5, 5.41) is 48.2. The third-order valence-corrected chi connectivity index (χ3v) is 12.7. The Bertz CT molecular complexity index is 2260. The van der Waals surface area contributed by atoms with Crippen LogP contribution in [-0.2, 0) is 46.4 Å². The van der Waals surface area contributed by atoms with Crippen molar-refractivity contribution in [2.24, 2.45) is 22.4 Å². The number of nitrogens with zero attached hydrogens (tertiary/aromatic N) is 3. The lowest BCUT2D eigenvalue weighted by Gasteiger charge is -2.32. The molecular weight excluding hydrogens is 881 g/mol. The largest absolute Gasteiger partial charge is 0.480 e. The molecule has 4 heterocycles. The molecule has 1 saturated carbocycles. The van der Waals surface area contributed by atoms with E-state index < -0.39 is 96.4 Å². The number of aliphatic hydroxyl groups excluding tert-OH is 2. The highest BCUT2D eigenvalue weighted by Crippen LogP contribution is 2.29. The minimum atomic E-state index is -1.31. The zero-order valence-corrected chi connectivity index (χ0v) is 37.9. The number of nitrogens with two attached hydrogens (primary N) is 2. The monoisotopic (exact) mass is 944 g/mol. The third-order valence-electron chi connectivity index (χ3n) is 12.7. The van der Waals surface area contributed by atoms with Crippen LogP contribution in [0, 0.1) is 5.92 Å². The van der Waals surface area contributed by atoms with E-state index in [-0.39, 0.29) is 82.9 Å². The van der Waals surface area contributed by atoms with Gasteiger partial charge in [0.1, 0.15) is 35.9 Å². The van der Waals surface area contributed by atoms with Gasteiger partial charge in [-0.3, -0.25) is 43.9 Å². The Hall–Kier alpha value is -6.65. The summed E-state index contributed by atoms with van der Waals surface area (Å²) in [6.45, 7) is -0.715. The molecule has 68 heavy (non-hydrogen) atoms. The number of pyridine rings is 1. The molecule has 1 aliphatic carbocycles. The number of amides is 6. The number of rotatable bonds is 15. The normalized spacial score (nSPS) is 26.0. The van der Waals surface area contributed by atoms with Gasteiger partial charge in [0.25, 0.3) is 0 Å². The minimum Gasteiger partial charge on any atom is -0.480 e. The summed E-state index contributed by atoms with van der Waals surface area (Å²) in [6.07, 6.45) is 4.12. The fraction of sp³-hybridized carbons (Fsp3) is 0.543. The molecule has 3 aromatic rings. The molecule has 22 heteroatoms. The van der Waals surface area contributed by atoms with Crippen molar-refractivity contribution in [3.8, 4) is 0 Å². The Balaban J connectivity index is 1.33. The van der Waals surface area contributed by atoms with Crippen molar-refractivity contribution in [1.82, 2.24) is 46.8 Å². The molecule has 0 spiro atoms. The molecule has 1 aromatic carbocycles. The molecule has 0 radical (unpaired) electrons. The first-order valence-electron chi connectivity index (χ1n) is 23.3. The first-order valence-corrected chi connectivity index (χ1v) is 23.3. The van der Waals surface area contributed by atoms with Crippen LogP contribution in [0.5, 0.6) is 0 Å². The zero-order chi connectivity index (χ0) is 48.7. The topological polar surface area (TPSA) is 349 Å². The molecule has 7 atom stereocenters. The predicted octanol–water partition coefficient (Wildman–Crippen LogP) is -1.80. The number of carboxylic acids is 1. The SMILES string of the molecule is NC(N)=NCCC[C@@H]1NC(=O)[C@H](Cc2c[nH]c3ncccc23)NC(=O)[C@@H](CC2CCC(O)CC2)NC(=O)[C@@H]2C[C@@H](O)CN2C(=O)[C@@H](NC(=O)[C@H](Cc2ccccc2)NCC(=O)O)CCCNC1=O. The van der Waals surface area contributed by atoms with Crippen LogP contribution in [0.15, 0.2) is 59.9 Å². The Labute approximate surface area is 393 Å². The number of carboxylic acid groups (broad SMARTS) is 1. The second kappa shape index (κ2) is 24.4. The van der Waals surface area contributed by atoms with Crippen LogP contribution in [0.25, 0.3) is 11.0 Å². The van der Waals surface area contributed by atoms with Crippen molar-refractivity contribution in [2.75, 3.05) is 26.2 Å². The zero-order valence-electron chi connectivity index (χ0n) is 37.9. The van der Waals surface area contributed by atoms with Gasteiger partial charge >= 0.3 is 5.97 Å². The number of H-pyrrole nitrogens is 1. The number of benzene rings is 1. The van der Waals surface area contributed by atoms with Gasteiger partial charge in [-0.15, -0.1) is 0 Å². The van der Waals surface area contributed by atoms with Crippen molar-refractivity contribution in [1.29, 1.82) is 0 Å². The summed E-state index contributed by atoms with van der Waals surface area (Å²) in [5.41, 5.74) is 13.0. The maximum Gasteiger partial charge on any atom is 0.317 e. The standard InChI is InChI=1S/C46H64N12O10/c47-46(48)51-18-5-10-32-40(63)50-17-6-11-33(55-41(64)34(52-24-38(61)62)19-26-7-2-1-3-8-26)45(68)58-25-30(60)22-37(58)44(67)57-35(20-27-12-14-29(59)15-13-27)42(65)56-36(43(66)54-32)21-28-23-53-39-31(28)9-4-16-49-39/h1-4,7-9,16,23,27,29-30,32-37,52,59-60H,5-6,10-15,17-22,24-25H2,(H,49,53)(H,50,63)(H,54,66)(H,55,64)(H,56,65)(H,57,67)(H,61,62)(H4,47,48,51)/t27?,29?,30-,32+,33+,34+,35-,36+,37+/m1/s1. The summed E-state index contributed by atoms with van der Waals surface area (Å²) in [4.78, 5) is 110. The van der Waals surface area contributed by atoms with Gasteiger partial charge in [0.05, 0.1) is 24.8 Å². The number of aliphatic carboxylic acids is 1. The molecule has 3 aliphatic rings. The Morgan fingerprint density at radius 2 is 1.59 bits per heavy atom. The maximum absolute atomic E-state index is 14.7. The lowest BCUT2D eigenvalue weighted by molar-refractivity contribution is -0.143. The molecule has 6 rings (SSSR count). The van der Waals surface area contributed by atoms with Gasteiger partial charge in [-0.1, -0.05) is 30.3 Å². The number of hydrogen-bond acceptors (Lipinski definition) is 12. The van der Waals surface area contributed by atoms with Gasteiger partial charge in [0.2, 0.25) is 35.4 Å². The van der Waals surface area contributed by atoms with Crippen LogP contribution in [0.4, 0.5) is 0 Å². The lowest BCUT2D eigenvalue weighted by atomic mass is 9.83. The number of fused-ring (bicyclic) bond motifs is 2. The van der Waals surface area contributed by atoms with E-state index in [9.17, 15) is 48.9 Å². The Kier molecular flexibility index (Phi) is 18.2. The molecule has 2 aromatic heterocycles. The molecule has 2 saturated heterocycles. The molecule has 22 nitrogen and oxygen atoms in total. The second-order valence-corrected chi connectivity index (χ2v) is 17.9. The van der Waals surface area contributed by atoms with Crippen LogP contribution >= 0.6 is 0 Å². The van der Waals surface area contributed by atoms with Gasteiger partial charge in [0.15, 0.2) is 5.96 Å². The summed E-state index contributed by atoms with van der Waals surface area (Å²) in [6, 6.07) is 5.06. The number of guanidine groups is 1. The van der Waals surface area contributed by atoms with E-state index in [4.69, 9.17) is 11.5 Å². The lowest BCUT2D eigenvalue weighted by Crippen LogP contribution is -2.60. The average molecular weight is 945 g/mol. The fourth-order valence-electron chi connectivity index (χ4n) is 9.14. The minimum absolute atomic E-state index is 0.0294. The Morgan fingerprint density at radius 3 is 2.32 bits per heavy atom. The van der Waals surface area contributed by atoms with E-state index in [2.05, 4.69) is 46.9 Å². The highest BCUT2D eigenvalue weighted by molar-refractivity contribution is 5.97. The van der Waals surface area contributed by atoms with Gasteiger partial charge < -0.3 is 63.3 Å². The van der Waals surface area contributed by atoms with Crippen molar-refractivity contribution >= 4 is 58.4 Å². The third kappa shape index (κ3) is 14.4. The van der Waals surface area contributed by atoms with Gasteiger partial charge in [-0.2, -0.15) is 0 Å². The van der Waals surface area contributed by atoms with Crippen LogP contribution in [0.2, 0.25) is 0 Å². The van der Waals surface area contributed by atoms with Crippen LogP contribution < -0.4 is 43.4 Å². The molecule has 368 valence electrons. The van der Waals surface area contributed by atoms with E-state index in [1.54, 1.807) is 48.8 Å². The second-order valence-electron chi connectivity index (χ2n) is 17.9. The number of aliphatic hydroxyl groups is 2. The van der Waals surface area contributed by atoms with E-state index in [0.29, 0.717) is 47.8 Å². The van der Waals surface area contributed by atoms with E-state index in [0.717, 1.165) is 0 Å². The fourth-order valence-corrected chi connectivity index (χ4v) is 9.14. The van der Waals surface area contributed by atoms with Crippen LogP contribution in [0.1, 0.15) is 75.3 Å². The quantitative estimate of drug-likeness (QED) is 0.0455. The van der Waals surface area contributed by atoms with Crippen LogP contribution in [-0.4, -0.2) is 152 Å². The average Bonchev–Trinajstić information content (AvgIpc) is 3.92. The summed E-state index contributed by atoms with van der Waals surface area (Å²) < 4.78 is 0. The molecule has 6 amide bonds. The summed E-state index contributed by atoms with van der Waals surface area (Å²) >= 11 is 0. The summed E-state index contributed by atoms with van der Waals surface area (Å²) in [5.74, 6) is -5.59. The van der Waals surface area contributed by atoms with E-state index in [1.165, 1.54) is 4.90 Å². The Morgan fingerprint density at radius 1 is 0.868 bits per heavy atom. The van der Waals surface area contributed by atoms with Crippen molar-refractivity contribution in [3.05, 3.63) is 66.0 Å². The van der Waals surface area contributed by atoms with Crippen molar-refractivity contribution in [2.45, 2.75) is 126 Å². The highest BCUT2D eigenvalue weighted by Gasteiger charge is 2.43. The van der Waals surface area contributed by atoms with E-state index >= 15 is 0 Å². The first kappa shape index (κ1) is 50.8.